The molecule has 0 saturated carbocycles. The van der Waals surface area contributed by atoms with Crippen LogP contribution < -0.4 is 5.32 Å². The lowest BCUT2D eigenvalue weighted by Crippen LogP contribution is -2.39. The number of hydrogen-bond donors (Lipinski definition) is 1. The summed E-state index contributed by atoms with van der Waals surface area (Å²) in [5.41, 5.74) is 2.39. The molecule has 28 heavy (non-hydrogen) atoms. The first kappa shape index (κ1) is 20.3. The minimum atomic E-state index is -0.888. The molecule has 3 rings (SSSR count). The molecule has 6 heteroatoms. The van der Waals surface area contributed by atoms with E-state index in [1.807, 2.05) is 31.2 Å². The molecule has 1 N–H and O–H groups in total. The van der Waals surface area contributed by atoms with Gasteiger partial charge in [-0.25, -0.2) is 0 Å². The lowest BCUT2D eigenvalue weighted by molar-refractivity contribution is -0.155. The van der Waals surface area contributed by atoms with Crippen LogP contribution >= 0.6 is 11.3 Å². The number of carbonyl (C=O) groups excluding carboxylic acids is 3. The third kappa shape index (κ3) is 5.07. The second kappa shape index (κ2) is 9.15. The molecule has 0 radical (unpaired) electrons. The fourth-order valence-corrected chi connectivity index (χ4v) is 4.26. The van der Waals surface area contributed by atoms with Gasteiger partial charge in [-0.15, -0.1) is 11.3 Å². The molecule has 1 aromatic carbocycles. The number of Topliss-reactive ketones (excluding diaryl/α,β-unsaturated/α-hetero) is 1. The van der Waals surface area contributed by atoms with E-state index in [2.05, 4.69) is 11.4 Å². The summed E-state index contributed by atoms with van der Waals surface area (Å²) >= 11 is 1.41. The third-order valence-corrected chi connectivity index (χ3v) is 5.98. The van der Waals surface area contributed by atoms with Gasteiger partial charge in [-0.1, -0.05) is 24.3 Å². The minimum Gasteiger partial charge on any atom is -0.453 e. The topological polar surface area (TPSA) is 72.5 Å². The van der Waals surface area contributed by atoms with Crippen LogP contribution in [0.1, 0.15) is 64.3 Å². The van der Waals surface area contributed by atoms with Crippen molar-refractivity contribution in [3.63, 3.8) is 0 Å². The van der Waals surface area contributed by atoms with Crippen molar-refractivity contribution in [3.8, 4) is 0 Å². The summed E-state index contributed by atoms with van der Waals surface area (Å²) in [6.07, 6.45) is 2.08. The van der Waals surface area contributed by atoms with E-state index in [9.17, 15) is 14.4 Å². The van der Waals surface area contributed by atoms with Gasteiger partial charge < -0.3 is 10.1 Å². The molecule has 1 amide bonds. The summed E-state index contributed by atoms with van der Waals surface area (Å²) in [6, 6.07) is 11.7. The van der Waals surface area contributed by atoms with Crippen molar-refractivity contribution in [2.45, 2.75) is 58.1 Å². The zero-order valence-corrected chi connectivity index (χ0v) is 17.0. The van der Waals surface area contributed by atoms with Gasteiger partial charge in [0.05, 0.1) is 17.3 Å². The molecule has 0 unspecified atom stereocenters. The van der Waals surface area contributed by atoms with Crippen molar-refractivity contribution in [2.24, 2.45) is 0 Å². The van der Waals surface area contributed by atoms with E-state index in [0.29, 0.717) is 4.88 Å². The van der Waals surface area contributed by atoms with E-state index in [0.717, 1.165) is 29.7 Å². The smallest absolute Gasteiger partial charge is 0.307 e. The highest BCUT2D eigenvalue weighted by Crippen LogP contribution is 2.29. The Labute approximate surface area is 169 Å². The normalized spacial score (nSPS) is 16.7. The van der Waals surface area contributed by atoms with Crippen molar-refractivity contribution in [2.75, 3.05) is 0 Å². The highest BCUT2D eigenvalue weighted by molar-refractivity contribution is 7.14. The van der Waals surface area contributed by atoms with Crippen LogP contribution in [0.2, 0.25) is 0 Å². The Morgan fingerprint density at radius 1 is 1.18 bits per heavy atom. The molecule has 1 aliphatic carbocycles. The van der Waals surface area contributed by atoms with Crippen molar-refractivity contribution in [1.82, 2.24) is 5.32 Å². The molecule has 1 aliphatic rings. The minimum absolute atomic E-state index is 0.0281. The summed E-state index contributed by atoms with van der Waals surface area (Å²) in [4.78, 5) is 38.3. The van der Waals surface area contributed by atoms with Gasteiger partial charge in [-0.3, -0.25) is 14.4 Å². The Hall–Kier alpha value is -2.47. The molecule has 1 aromatic heterocycles. The van der Waals surface area contributed by atoms with Gasteiger partial charge in [-0.2, -0.15) is 0 Å². The van der Waals surface area contributed by atoms with Crippen LogP contribution in [0.4, 0.5) is 0 Å². The highest BCUT2D eigenvalue weighted by Gasteiger charge is 2.25. The zero-order valence-electron chi connectivity index (χ0n) is 16.2. The molecule has 1 heterocycles. The number of esters is 1. The Kier molecular flexibility index (Phi) is 6.62. The number of amides is 1. The van der Waals surface area contributed by atoms with Crippen LogP contribution in [0, 0.1) is 6.92 Å². The molecule has 0 fully saturated rings. The number of ether oxygens (including phenoxy) is 1. The Morgan fingerprint density at radius 3 is 2.71 bits per heavy atom. The predicted molar refractivity (Wildman–Crippen MR) is 108 cm³/mol. The maximum absolute atomic E-state index is 12.5. The summed E-state index contributed by atoms with van der Waals surface area (Å²) in [5.74, 6) is -0.922. The monoisotopic (exact) mass is 399 g/mol. The molecule has 0 spiro atoms. The van der Waals surface area contributed by atoms with E-state index >= 15 is 0 Å². The molecule has 0 aliphatic heterocycles. The molecule has 0 bridgehead atoms. The van der Waals surface area contributed by atoms with Crippen LogP contribution in [-0.4, -0.2) is 23.8 Å². The van der Waals surface area contributed by atoms with Gasteiger partial charge >= 0.3 is 5.97 Å². The molecular formula is C22H25NO4S. The van der Waals surface area contributed by atoms with E-state index in [4.69, 9.17) is 4.74 Å². The number of carbonyl (C=O) groups is 3. The highest BCUT2D eigenvalue weighted by atomic mass is 32.1. The fraction of sp³-hybridized carbons (Fsp3) is 0.409. The van der Waals surface area contributed by atoms with E-state index < -0.39 is 12.1 Å². The number of aryl methyl sites for hydroxylation is 2. The fourth-order valence-electron chi connectivity index (χ4n) is 3.43. The number of nitrogens with one attached hydrogen (secondary N) is 1. The first-order chi connectivity index (χ1) is 13.4. The largest absolute Gasteiger partial charge is 0.453 e. The van der Waals surface area contributed by atoms with Crippen molar-refractivity contribution in [3.05, 3.63) is 57.3 Å². The van der Waals surface area contributed by atoms with E-state index in [1.54, 1.807) is 13.0 Å². The first-order valence-electron chi connectivity index (χ1n) is 9.61. The molecule has 148 valence electrons. The maximum Gasteiger partial charge on any atom is 0.307 e. The average Bonchev–Trinajstić information content (AvgIpc) is 3.13. The van der Waals surface area contributed by atoms with Crippen molar-refractivity contribution >= 4 is 29.0 Å². The number of ketones is 1. The van der Waals surface area contributed by atoms with E-state index in [-0.39, 0.29) is 30.6 Å². The van der Waals surface area contributed by atoms with Crippen molar-refractivity contribution in [1.29, 1.82) is 0 Å². The van der Waals surface area contributed by atoms with Crippen LogP contribution in [0.25, 0.3) is 0 Å². The van der Waals surface area contributed by atoms with Crippen LogP contribution in [0.15, 0.2) is 36.4 Å². The van der Waals surface area contributed by atoms with E-state index in [1.165, 1.54) is 16.9 Å². The molecular weight excluding hydrogens is 374 g/mol. The molecule has 0 saturated heterocycles. The molecule has 2 aromatic rings. The van der Waals surface area contributed by atoms with Gasteiger partial charge in [0.1, 0.15) is 0 Å². The van der Waals surface area contributed by atoms with Gasteiger partial charge in [0.15, 0.2) is 11.9 Å². The van der Waals surface area contributed by atoms with Gasteiger partial charge in [0.2, 0.25) is 0 Å². The summed E-state index contributed by atoms with van der Waals surface area (Å²) in [7, 11) is 0. The summed E-state index contributed by atoms with van der Waals surface area (Å²) in [6.45, 7) is 3.49. The number of rotatable bonds is 7. The number of benzene rings is 1. The summed E-state index contributed by atoms with van der Waals surface area (Å²) < 4.78 is 5.23. The quantitative estimate of drug-likeness (QED) is 0.561. The second-order valence-electron chi connectivity index (χ2n) is 7.12. The van der Waals surface area contributed by atoms with Crippen LogP contribution in [0.5, 0.6) is 0 Å². The molecule has 2 atom stereocenters. The zero-order chi connectivity index (χ0) is 20.1. The van der Waals surface area contributed by atoms with Crippen molar-refractivity contribution < 1.29 is 19.1 Å². The number of fused-ring (bicyclic) bond motifs is 1. The first-order valence-corrected chi connectivity index (χ1v) is 10.4. The van der Waals surface area contributed by atoms with Gasteiger partial charge in [0, 0.05) is 11.3 Å². The van der Waals surface area contributed by atoms with Gasteiger partial charge in [0.25, 0.3) is 5.91 Å². The standard InChI is InChI=1S/C22H25NO4S/c1-14-10-12-20(28-14)19(24)11-13-21(25)27-15(2)22(26)23-18-9-5-7-16-6-3-4-8-17(16)18/h3-4,6,8,10,12,15,18H,5,7,9,11,13H2,1-2H3,(H,23,26)/t15-,18-/m0/s1. The Morgan fingerprint density at radius 2 is 1.96 bits per heavy atom. The average molecular weight is 400 g/mol. The maximum atomic E-state index is 12.5. The predicted octanol–water partition coefficient (Wildman–Crippen LogP) is 4.14. The van der Waals surface area contributed by atoms with Crippen LogP contribution in [0.3, 0.4) is 0 Å². The Balaban J connectivity index is 1.48. The number of thiophene rings is 1. The third-order valence-electron chi connectivity index (χ3n) is 4.93. The SMILES string of the molecule is Cc1ccc(C(=O)CCC(=O)O[C@@H](C)C(=O)N[C@H]2CCCc3ccccc32)s1. The van der Waals surface area contributed by atoms with Crippen LogP contribution in [-0.2, 0) is 20.7 Å². The Bertz CT molecular complexity index is 873. The van der Waals surface area contributed by atoms with Gasteiger partial charge in [-0.05, 0) is 56.4 Å². The second-order valence-corrected chi connectivity index (χ2v) is 8.41. The number of hydrogen-bond acceptors (Lipinski definition) is 5. The lowest BCUT2D eigenvalue weighted by Gasteiger charge is -2.27. The lowest BCUT2D eigenvalue weighted by atomic mass is 9.87. The molecule has 5 nitrogen and oxygen atoms in total. The summed E-state index contributed by atoms with van der Waals surface area (Å²) in [5, 5.41) is 2.99.